The Kier molecular flexibility index (Phi) is 7.07. The summed E-state index contributed by atoms with van der Waals surface area (Å²) in [5.74, 6) is 0. The van der Waals surface area contributed by atoms with E-state index in [1.54, 1.807) is 13.1 Å². The van der Waals surface area contributed by atoms with Gasteiger partial charge in [0.15, 0.2) is 0 Å². The molecular weight excluding hydrogens is 329 g/mol. The molecule has 122 valence electrons. The molecule has 1 rings (SSSR count). The van der Waals surface area contributed by atoms with Gasteiger partial charge >= 0.3 is 6.18 Å². The maximum absolute atomic E-state index is 11.9. The third kappa shape index (κ3) is 7.23. The number of sulfonamides is 1. The molecule has 1 heterocycles. The summed E-state index contributed by atoms with van der Waals surface area (Å²) < 4.78 is 65.9. The Labute approximate surface area is 125 Å². The predicted octanol–water partition coefficient (Wildman–Crippen LogP) is 1.37. The Morgan fingerprint density at radius 3 is 2.62 bits per heavy atom. The van der Waals surface area contributed by atoms with E-state index < -0.39 is 22.8 Å². The predicted molar refractivity (Wildman–Crippen MR) is 74.0 cm³/mol. The molecule has 0 atom stereocenters. The Morgan fingerprint density at radius 2 is 2.00 bits per heavy atom. The van der Waals surface area contributed by atoms with E-state index in [-0.39, 0.29) is 17.4 Å². The Morgan fingerprint density at radius 1 is 1.29 bits per heavy atom. The molecule has 0 aliphatic heterocycles. The van der Waals surface area contributed by atoms with Gasteiger partial charge < -0.3 is 10.1 Å². The molecule has 0 fully saturated rings. The lowest BCUT2D eigenvalue weighted by atomic mass is 10.3. The van der Waals surface area contributed by atoms with E-state index in [0.29, 0.717) is 6.42 Å². The van der Waals surface area contributed by atoms with Crippen molar-refractivity contribution >= 4 is 21.4 Å². The van der Waals surface area contributed by atoms with Crippen LogP contribution in [-0.4, -0.2) is 47.9 Å². The van der Waals surface area contributed by atoms with Gasteiger partial charge in [-0.15, -0.1) is 11.3 Å². The van der Waals surface area contributed by atoms with Gasteiger partial charge in [-0.2, -0.15) is 13.2 Å². The zero-order valence-electron chi connectivity index (χ0n) is 11.4. The highest BCUT2D eigenvalue weighted by Gasteiger charge is 2.27. The van der Waals surface area contributed by atoms with Crippen molar-refractivity contribution in [3.63, 3.8) is 0 Å². The van der Waals surface area contributed by atoms with Crippen LogP contribution in [0.25, 0.3) is 0 Å². The highest BCUT2D eigenvalue weighted by Crippen LogP contribution is 2.21. The Balaban J connectivity index is 2.41. The molecule has 0 saturated carbocycles. The fourth-order valence-corrected chi connectivity index (χ4v) is 3.81. The smallest absolute Gasteiger partial charge is 0.371 e. The van der Waals surface area contributed by atoms with Crippen LogP contribution in [-0.2, 0) is 21.2 Å². The van der Waals surface area contributed by atoms with E-state index in [0.717, 1.165) is 22.8 Å². The number of likely N-dealkylation sites (N-methyl/N-ethyl adjacent to an activating group) is 1. The highest BCUT2D eigenvalue weighted by molar-refractivity contribution is 7.91. The lowest BCUT2D eigenvalue weighted by molar-refractivity contribution is -0.173. The summed E-state index contributed by atoms with van der Waals surface area (Å²) in [6.07, 6.45) is -3.69. The molecule has 5 nitrogen and oxygen atoms in total. The van der Waals surface area contributed by atoms with E-state index >= 15 is 0 Å². The van der Waals surface area contributed by atoms with Crippen molar-refractivity contribution in [2.75, 3.05) is 33.4 Å². The number of thiophene rings is 1. The van der Waals surface area contributed by atoms with Crippen LogP contribution in [0.3, 0.4) is 0 Å². The van der Waals surface area contributed by atoms with Crippen LogP contribution in [0.2, 0.25) is 0 Å². The summed E-state index contributed by atoms with van der Waals surface area (Å²) in [5, 5.41) is 2.96. The second-order valence-corrected chi connectivity index (χ2v) is 7.30. The van der Waals surface area contributed by atoms with Gasteiger partial charge in [0.25, 0.3) is 0 Å². The normalized spacial score (nSPS) is 12.8. The SMILES string of the molecule is CNCCc1ccc(S(=O)(=O)NCCOCC(F)(F)F)s1. The number of rotatable bonds is 9. The third-order valence-electron chi connectivity index (χ3n) is 2.33. The average Bonchev–Trinajstić information content (AvgIpc) is 2.84. The van der Waals surface area contributed by atoms with Crippen molar-refractivity contribution in [1.82, 2.24) is 10.0 Å². The molecule has 1 aromatic rings. The summed E-state index contributed by atoms with van der Waals surface area (Å²) >= 11 is 1.14. The van der Waals surface area contributed by atoms with Gasteiger partial charge in [0.05, 0.1) is 6.61 Å². The number of hydrogen-bond acceptors (Lipinski definition) is 5. The molecule has 0 amide bonds. The van der Waals surface area contributed by atoms with Crippen LogP contribution in [0.15, 0.2) is 16.3 Å². The van der Waals surface area contributed by atoms with Gasteiger partial charge in [-0.3, -0.25) is 0 Å². The van der Waals surface area contributed by atoms with Crippen molar-refractivity contribution < 1.29 is 26.3 Å². The first-order chi connectivity index (χ1) is 9.74. The van der Waals surface area contributed by atoms with Crippen molar-refractivity contribution in [2.45, 2.75) is 16.8 Å². The van der Waals surface area contributed by atoms with Crippen LogP contribution in [0, 0.1) is 0 Å². The standard InChI is InChI=1S/C11H17F3N2O3S2/c1-15-5-4-9-2-3-10(20-9)21(17,18)16-6-7-19-8-11(12,13)14/h2-3,15-16H,4-8H2,1H3. The largest absolute Gasteiger partial charge is 0.411 e. The summed E-state index contributed by atoms with van der Waals surface area (Å²) in [4.78, 5) is 0.915. The fraction of sp³-hybridized carbons (Fsp3) is 0.636. The molecule has 0 aliphatic rings. The minimum Gasteiger partial charge on any atom is -0.371 e. The first-order valence-corrected chi connectivity index (χ1v) is 8.42. The van der Waals surface area contributed by atoms with Crippen LogP contribution in [0.1, 0.15) is 4.88 Å². The molecule has 0 aromatic carbocycles. The lowest BCUT2D eigenvalue weighted by Crippen LogP contribution is -2.28. The summed E-state index contributed by atoms with van der Waals surface area (Å²) in [5.41, 5.74) is 0. The topological polar surface area (TPSA) is 67.4 Å². The van der Waals surface area contributed by atoms with E-state index in [4.69, 9.17) is 0 Å². The molecule has 2 N–H and O–H groups in total. The van der Waals surface area contributed by atoms with Gasteiger partial charge in [-0.25, -0.2) is 13.1 Å². The summed E-state index contributed by atoms with van der Waals surface area (Å²) in [7, 11) is -1.89. The number of ether oxygens (including phenoxy) is 1. The first kappa shape index (κ1) is 18.4. The molecule has 0 unspecified atom stereocenters. The maximum atomic E-state index is 11.9. The molecule has 1 aromatic heterocycles. The van der Waals surface area contributed by atoms with E-state index in [9.17, 15) is 21.6 Å². The zero-order valence-corrected chi connectivity index (χ0v) is 13.0. The minimum atomic E-state index is -4.41. The number of nitrogens with one attached hydrogen (secondary N) is 2. The van der Waals surface area contributed by atoms with Crippen LogP contribution in [0.5, 0.6) is 0 Å². The number of alkyl halides is 3. The minimum absolute atomic E-state index is 0.143. The van der Waals surface area contributed by atoms with E-state index in [1.165, 1.54) is 6.07 Å². The molecule has 0 saturated heterocycles. The van der Waals surface area contributed by atoms with Crippen molar-refractivity contribution in [1.29, 1.82) is 0 Å². The molecule has 21 heavy (non-hydrogen) atoms. The molecule has 0 aliphatic carbocycles. The van der Waals surface area contributed by atoms with Crippen LogP contribution >= 0.6 is 11.3 Å². The molecule has 0 spiro atoms. The average molecular weight is 346 g/mol. The number of halogens is 3. The van der Waals surface area contributed by atoms with Crippen LogP contribution in [0.4, 0.5) is 13.2 Å². The molecule has 0 radical (unpaired) electrons. The zero-order chi connectivity index (χ0) is 15.9. The quantitative estimate of drug-likeness (QED) is 0.663. The lowest BCUT2D eigenvalue weighted by Gasteiger charge is -2.08. The molecular formula is C11H17F3N2O3S2. The van der Waals surface area contributed by atoms with E-state index in [2.05, 4.69) is 14.8 Å². The highest BCUT2D eigenvalue weighted by atomic mass is 32.2. The van der Waals surface area contributed by atoms with Crippen molar-refractivity contribution in [3.05, 3.63) is 17.0 Å². The first-order valence-electron chi connectivity index (χ1n) is 6.12. The van der Waals surface area contributed by atoms with Gasteiger partial charge in [0.2, 0.25) is 10.0 Å². The third-order valence-corrected chi connectivity index (χ3v) is 5.43. The Hall–Kier alpha value is -0.680. The number of hydrogen-bond donors (Lipinski definition) is 2. The van der Waals surface area contributed by atoms with E-state index in [1.807, 2.05) is 0 Å². The second-order valence-electron chi connectivity index (χ2n) is 4.14. The van der Waals surface area contributed by atoms with Gasteiger partial charge in [-0.05, 0) is 32.1 Å². The van der Waals surface area contributed by atoms with Crippen molar-refractivity contribution in [3.8, 4) is 0 Å². The molecule has 0 bridgehead atoms. The second kappa shape index (κ2) is 8.08. The fourth-order valence-electron chi connectivity index (χ4n) is 1.39. The summed E-state index contributed by atoms with van der Waals surface area (Å²) in [6.45, 7) is -1.19. The molecule has 10 heteroatoms. The van der Waals surface area contributed by atoms with Crippen molar-refractivity contribution in [2.24, 2.45) is 0 Å². The van der Waals surface area contributed by atoms with Gasteiger partial charge in [0, 0.05) is 11.4 Å². The van der Waals surface area contributed by atoms with Gasteiger partial charge in [0.1, 0.15) is 10.8 Å². The van der Waals surface area contributed by atoms with Crippen LogP contribution < -0.4 is 10.0 Å². The monoisotopic (exact) mass is 346 g/mol. The maximum Gasteiger partial charge on any atom is 0.411 e. The summed E-state index contributed by atoms with van der Waals surface area (Å²) in [6, 6.07) is 3.20. The Bertz CT molecular complexity index is 529. The van der Waals surface area contributed by atoms with Gasteiger partial charge in [-0.1, -0.05) is 0 Å².